The number of hydrogen-bond donors (Lipinski definition) is 2. The van der Waals surface area contributed by atoms with Gasteiger partial charge in [0, 0.05) is 6.07 Å². The van der Waals surface area contributed by atoms with E-state index in [4.69, 9.17) is 4.74 Å². The molecule has 0 saturated heterocycles. The molecule has 1 heterocycles. The van der Waals surface area contributed by atoms with Crippen LogP contribution in [0.15, 0.2) is 18.3 Å². The fourth-order valence-electron chi connectivity index (χ4n) is 1.74. The molecule has 0 saturated carbocycles. The first-order chi connectivity index (χ1) is 9.71. The first-order valence-corrected chi connectivity index (χ1v) is 8.38. The van der Waals surface area contributed by atoms with Crippen LogP contribution >= 0.6 is 0 Å². The van der Waals surface area contributed by atoms with Gasteiger partial charge in [0.2, 0.25) is 21.8 Å². The average Bonchev–Trinajstić information content (AvgIpc) is 2.36. The molecular weight excluding hydrogens is 294 g/mol. The van der Waals surface area contributed by atoms with Crippen molar-refractivity contribution in [3.05, 3.63) is 18.3 Å². The molecule has 0 fully saturated rings. The summed E-state index contributed by atoms with van der Waals surface area (Å²) in [6.07, 6.45) is 2.88. The second kappa shape index (κ2) is 7.37. The fraction of sp³-hybridized carbons (Fsp3) is 0.538. The summed E-state index contributed by atoms with van der Waals surface area (Å²) in [5, 5.41) is 2.64. The molecule has 0 spiro atoms. The van der Waals surface area contributed by atoms with Gasteiger partial charge in [-0.05, 0) is 18.4 Å². The summed E-state index contributed by atoms with van der Waals surface area (Å²) >= 11 is 0. The van der Waals surface area contributed by atoms with Crippen LogP contribution in [0.1, 0.15) is 20.3 Å². The van der Waals surface area contributed by atoms with Crippen LogP contribution in [-0.2, 0) is 14.8 Å². The van der Waals surface area contributed by atoms with Gasteiger partial charge in [-0.15, -0.1) is 0 Å². The summed E-state index contributed by atoms with van der Waals surface area (Å²) in [5.74, 6) is 0.186. The van der Waals surface area contributed by atoms with Gasteiger partial charge in [0.05, 0.1) is 25.2 Å². The first kappa shape index (κ1) is 17.4. The summed E-state index contributed by atoms with van der Waals surface area (Å²) in [6, 6.07) is 2.43. The Kier molecular flexibility index (Phi) is 6.10. The molecule has 1 amide bonds. The van der Waals surface area contributed by atoms with Crippen molar-refractivity contribution in [2.75, 3.05) is 18.7 Å². The molecular formula is C13H21N3O4S. The van der Waals surface area contributed by atoms with Gasteiger partial charge in [0.15, 0.2) is 0 Å². The third-order valence-corrected chi connectivity index (χ3v) is 3.31. The van der Waals surface area contributed by atoms with Crippen LogP contribution in [0.2, 0.25) is 0 Å². The Morgan fingerprint density at radius 2 is 2.05 bits per heavy atom. The highest BCUT2D eigenvalue weighted by Gasteiger charge is 2.23. The first-order valence-electron chi connectivity index (χ1n) is 6.49. The summed E-state index contributed by atoms with van der Waals surface area (Å²) < 4.78 is 30.0. The van der Waals surface area contributed by atoms with Crippen molar-refractivity contribution in [1.82, 2.24) is 9.71 Å². The van der Waals surface area contributed by atoms with Gasteiger partial charge in [-0.3, -0.25) is 4.79 Å². The van der Waals surface area contributed by atoms with E-state index in [0.29, 0.717) is 18.0 Å². The van der Waals surface area contributed by atoms with Crippen LogP contribution in [0.3, 0.4) is 0 Å². The zero-order valence-electron chi connectivity index (χ0n) is 12.6. The van der Waals surface area contributed by atoms with Crippen molar-refractivity contribution in [1.29, 1.82) is 0 Å². The van der Waals surface area contributed by atoms with Crippen LogP contribution < -0.4 is 14.8 Å². The number of rotatable bonds is 7. The zero-order chi connectivity index (χ0) is 16.0. The molecule has 0 aromatic carbocycles. The van der Waals surface area contributed by atoms with Gasteiger partial charge >= 0.3 is 0 Å². The van der Waals surface area contributed by atoms with E-state index in [0.717, 1.165) is 6.26 Å². The van der Waals surface area contributed by atoms with Gasteiger partial charge < -0.3 is 10.1 Å². The van der Waals surface area contributed by atoms with E-state index in [1.54, 1.807) is 12.1 Å². The van der Waals surface area contributed by atoms with Crippen molar-refractivity contribution in [3.8, 4) is 5.88 Å². The minimum Gasteiger partial charge on any atom is -0.481 e. The summed E-state index contributed by atoms with van der Waals surface area (Å²) in [6.45, 7) is 3.83. The number of ether oxygens (including phenoxy) is 1. The fourth-order valence-corrected chi connectivity index (χ4v) is 2.46. The number of nitrogens with one attached hydrogen (secondary N) is 2. The number of methoxy groups -OCH3 is 1. The predicted octanol–water partition coefficient (Wildman–Crippen LogP) is 0.993. The van der Waals surface area contributed by atoms with Crippen LogP contribution in [0, 0.1) is 5.92 Å². The molecule has 2 N–H and O–H groups in total. The van der Waals surface area contributed by atoms with E-state index < -0.39 is 22.0 Å². The Hall–Kier alpha value is -1.67. The molecule has 0 aliphatic rings. The number of amides is 1. The van der Waals surface area contributed by atoms with Gasteiger partial charge in [0.1, 0.15) is 6.04 Å². The number of anilines is 1. The smallest absolute Gasteiger partial charge is 0.242 e. The van der Waals surface area contributed by atoms with E-state index in [2.05, 4.69) is 15.0 Å². The van der Waals surface area contributed by atoms with Crippen molar-refractivity contribution >= 4 is 21.6 Å². The third kappa shape index (κ3) is 6.54. The number of aromatic nitrogens is 1. The Balaban J connectivity index is 2.79. The highest BCUT2D eigenvalue weighted by molar-refractivity contribution is 7.88. The maximum atomic E-state index is 12.2. The van der Waals surface area contributed by atoms with Gasteiger partial charge in [-0.1, -0.05) is 13.8 Å². The topological polar surface area (TPSA) is 97.4 Å². The normalized spacial score (nSPS) is 13.0. The number of sulfonamides is 1. The molecule has 0 aliphatic heterocycles. The van der Waals surface area contributed by atoms with Gasteiger partial charge in [-0.25, -0.2) is 18.1 Å². The maximum Gasteiger partial charge on any atom is 0.242 e. The lowest BCUT2D eigenvalue weighted by Gasteiger charge is -2.19. The molecule has 1 rings (SSSR count). The zero-order valence-corrected chi connectivity index (χ0v) is 13.4. The maximum absolute atomic E-state index is 12.2. The molecule has 8 heteroatoms. The minimum atomic E-state index is -3.46. The van der Waals surface area contributed by atoms with Crippen LogP contribution in [-0.4, -0.2) is 38.7 Å². The number of hydrogen-bond acceptors (Lipinski definition) is 5. The highest BCUT2D eigenvalue weighted by atomic mass is 32.2. The number of carbonyl (C=O) groups excluding carboxylic acids is 1. The monoisotopic (exact) mass is 315 g/mol. The molecule has 21 heavy (non-hydrogen) atoms. The van der Waals surface area contributed by atoms with Gasteiger partial charge in [0.25, 0.3) is 0 Å². The molecule has 0 unspecified atom stereocenters. The van der Waals surface area contributed by atoms with E-state index in [1.165, 1.54) is 13.3 Å². The molecule has 118 valence electrons. The second-order valence-electron chi connectivity index (χ2n) is 5.15. The number of nitrogens with zero attached hydrogens (tertiary/aromatic N) is 1. The summed E-state index contributed by atoms with van der Waals surface area (Å²) in [7, 11) is -1.97. The van der Waals surface area contributed by atoms with E-state index in [-0.39, 0.29) is 5.92 Å². The average molecular weight is 315 g/mol. The van der Waals surface area contributed by atoms with Crippen molar-refractivity contribution < 1.29 is 17.9 Å². The quantitative estimate of drug-likeness (QED) is 0.782. The lowest BCUT2D eigenvalue weighted by molar-refractivity contribution is -0.118. The minimum absolute atomic E-state index is 0.170. The Bertz CT molecular complexity index is 570. The van der Waals surface area contributed by atoms with E-state index >= 15 is 0 Å². The van der Waals surface area contributed by atoms with Crippen LogP contribution in [0.25, 0.3) is 0 Å². The van der Waals surface area contributed by atoms with E-state index in [1.807, 2.05) is 13.8 Å². The third-order valence-electron chi connectivity index (χ3n) is 2.59. The summed E-state index contributed by atoms with van der Waals surface area (Å²) in [4.78, 5) is 16.2. The number of pyridine rings is 1. The number of carbonyl (C=O) groups is 1. The summed E-state index contributed by atoms with van der Waals surface area (Å²) in [5.41, 5.74) is 0.477. The lowest BCUT2D eigenvalue weighted by atomic mass is 10.0. The largest absolute Gasteiger partial charge is 0.481 e. The SMILES string of the molecule is COc1ccc(NC(=O)[C@H](CC(C)C)NS(C)(=O)=O)cn1. The Morgan fingerprint density at radius 3 is 2.48 bits per heavy atom. The highest BCUT2D eigenvalue weighted by Crippen LogP contribution is 2.13. The second-order valence-corrected chi connectivity index (χ2v) is 6.93. The molecule has 7 nitrogen and oxygen atoms in total. The Labute approximate surface area is 125 Å². The van der Waals surface area contributed by atoms with Crippen molar-refractivity contribution in [3.63, 3.8) is 0 Å². The molecule has 0 aliphatic carbocycles. The molecule has 1 aromatic rings. The van der Waals surface area contributed by atoms with Crippen LogP contribution in [0.4, 0.5) is 5.69 Å². The Morgan fingerprint density at radius 1 is 1.38 bits per heavy atom. The van der Waals surface area contributed by atoms with Gasteiger partial charge in [-0.2, -0.15) is 0 Å². The van der Waals surface area contributed by atoms with Crippen molar-refractivity contribution in [2.45, 2.75) is 26.3 Å². The standard InChI is InChI=1S/C13H21N3O4S/c1-9(2)7-11(16-21(4,18)19)13(17)15-10-5-6-12(20-3)14-8-10/h5-6,8-9,11,16H,7H2,1-4H3,(H,15,17)/t11-/m0/s1. The van der Waals surface area contributed by atoms with E-state index in [9.17, 15) is 13.2 Å². The molecule has 0 bridgehead atoms. The molecule has 1 aromatic heterocycles. The van der Waals surface area contributed by atoms with Crippen LogP contribution in [0.5, 0.6) is 5.88 Å². The predicted molar refractivity (Wildman–Crippen MR) is 80.6 cm³/mol. The molecule has 0 radical (unpaired) electrons. The molecule has 1 atom stereocenters. The van der Waals surface area contributed by atoms with Crippen molar-refractivity contribution in [2.24, 2.45) is 5.92 Å². The lowest BCUT2D eigenvalue weighted by Crippen LogP contribution is -2.44.